The molecular weight excluding hydrogens is 301 g/mol. The molecule has 0 spiro atoms. The lowest BCUT2D eigenvalue weighted by atomic mass is 10.1. The first kappa shape index (κ1) is 16.4. The second kappa shape index (κ2) is 7.86. The van der Waals surface area contributed by atoms with E-state index in [1.165, 1.54) is 12.1 Å². The SMILES string of the molecule is O=C([C@@H]1COCCO1)N(Cc1cccc(F)c1)C[C@@H]1CCCO1. The maximum absolute atomic E-state index is 13.4. The van der Waals surface area contributed by atoms with Gasteiger partial charge in [-0.3, -0.25) is 4.79 Å². The summed E-state index contributed by atoms with van der Waals surface area (Å²) in [5, 5.41) is 0. The van der Waals surface area contributed by atoms with E-state index in [2.05, 4.69) is 0 Å². The fraction of sp³-hybridized carbons (Fsp3) is 0.588. The molecule has 0 unspecified atom stereocenters. The van der Waals surface area contributed by atoms with Crippen molar-refractivity contribution in [2.75, 3.05) is 33.0 Å². The topological polar surface area (TPSA) is 48.0 Å². The van der Waals surface area contributed by atoms with Crippen molar-refractivity contribution in [3.8, 4) is 0 Å². The van der Waals surface area contributed by atoms with Crippen molar-refractivity contribution in [1.82, 2.24) is 4.90 Å². The summed E-state index contributed by atoms with van der Waals surface area (Å²) in [6.07, 6.45) is 1.40. The Bertz CT molecular complexity index is 527. The molecule has 1 aromatic rings. The highest BCUT2D eigenvalue weighted by Gasteiger charge is 2.30. The van der Waals surface area contributed by atoms with Crippen LogP contribution in [0.3, 0.4) is 0 Å². The first-order chi connectivity index (χ1) is 11.2. The standard InChI is InChI=1S/C17H22FNO4/c18-14-4-1-3-13(9-14)10-19(11-15-5-2-6-22-15)17(20)16-12-21-7-8-23-16/h1,3-4,9,15-16H,2,5-8,10-12H2/t15-,16-/m0/s1. The van der Waals surface area contributed by atoms with Crippen molar-refractivity contribution < 1.29 is 23.4 Å². The summed E-state index contributed by atoms with van der Waals surface area (Å²) in [5.74, 6) is -0.422. The van der Waals surface area contributed by atoms with Gasteiger partial charge in [-0.05, 0) is 30.5 Å². The summed E-state index contributed by atoms with van der Waals surface area (Å²) in [7, 11) is 0. The van der Waals surface area contributed by atoms with Crippen molar-refractivity contribution in [2.24, 2.45) is 0 Å². The summed E-state index contributed by atoms with van der Waals surface area (Å²) in [4.78, 5) is 14.4. The van der Waals surface area contributed by atoms with Gasteiger partial charge in [-0.15, -0.1) is 0 Å². The van der Waals surface area contributed by atoms with Crippen molar-refractivity contribution in [2.45, 2.75) is 31.6 Å². The van der Waals surface area contributed by atoms with Crippen molar-refractivity contribution >= 4 is 5.91 Å². The molecular formula is C17H22FNO4. The van der Waals surface area contributed by atoms with Crippen LogP contribution in [0.15, 0.2) is 24.3 Å². The van der Waals surface area contributed by atoms with Crippen LogP contribution in [0.1, 0.15) is 18.4 Å². The second-order valence-corrected chi connectivity index (χ2v) is 5.92. The molecule has 2 aliphatic heterocycles. The van der Waals surface area contributed by atoms with Gasteiger partial charge in [0.1, 0.15) is 5.82 Å². The van der Waals surface area contributed by atoms with E-state index in [4.69, 9.17) is 14.2 Å². The summed E-state index contributed by atoms with van der Waals surface area (Å²) < 4.78 is 29.9. The minimum Gasteiger partial charge on any atom is -0.376 e. The second-order valence-electron chi connectivity index (χ2n) is 5.92. The van der Waals surface area contributed by atoms with E-state index >= 15 is 0 Å². The van der Waals surface area contributed by atoms with Crippen LogP contribution in [0, 0.1) is 5.82 Å². The Morgan fingerprint density at radius 2 is 2.17 bits per heavy atom. The normalized spacial score (nSPS) is 24.6. The number of rotatable bonds is 5. The average Bonchev–Trinajstić information content (AvgIpc) is 3.07. The van der Waals surface area contributed by atoms with Crippen molar-refractivity contribution in [3.05, 3.63) is 35.6 Å². The number of nitrogens with zero attached hydrogens (tertiary/aromatic N) is 1. The van der Waals surface area contributed by atoms with Gasteiger partial charge in [0.05, 0.1) is 25.9 Å². The minimum absolute atomic E-state index is 0.0389. The number of carbonyl (C=O) groups is 1. The molecule has 2 atom stereocenters. The smallest absolute Gasteiger partial charge is 0.254 e. The molecule has 2 fully saturated rings. The predicted octanol–water partition coefficient (Wildman–Crippen LogP) is 1.75. The fourth-order valence-electron chi connectivity index (χ4n) is 2.96. The van der Waals surface area contributed by atoms with Gasteiger partial charge in [0.15, 0.2) is 6.10 Å². The van der Waals surface area contributed by atoms with Crippen molar-refractivity contribution in [1.29, 1.82) is 0 Å². The molecule has 2 aliphatic rings. The molecule has 3 rings (SSSR count). The minimum atomic E-state index is -0.585. The van der Waals surface area contributed by atoms with Gasteiger partial charge >= 0.3 is 0 Å². The van der Waals surface area contributed by atoms with Crippen LogP contribution in [0.4, 0.5) is 4.39 Å². The molecule has 23 heavy (non-hydrogen) atoms. The molecule has 1 aromatic carbocycles. The van der Waals surface area contributed by atoms with Crippen LogP contribution in [0.25, 0.3) is 0 Å². The molecule has 0 saturated carbocycles. The van der Waals surface area contributed by atoms with Crippen LogP contribution in [0.2, 0.25) is 0 Å². The number of carbonyl (C=O) groups excluding carboxylic acids is 1. The Labute approximate surface area is 135 Å². The van der Waals surface area contributed by atoms with E-state index in [1.807, 2.05) is 6.07 Å². The van der Waals surface area contributed by atoms with Crippen LogP contribution in [-0.4, -0.2) is 56.0 Å². The Morgan fingerprint density at radius 1 is 1.26 bits per heavy atom. The molecule has 0 N–H and O–H groups in total. The summed E-state index contributed by atoms with van der Waals surface area (Å²) in [6.45, 7) is 2.77. The molecule has 1 amide bonds. The predicted molar refractivity (Wildman–Crippen MR) is 81.4 cm³/mol. The van der Waals surface area contributed by atoms with Gasteiger partial charge in [0.2, 0.25) is 0 Å². The van der Waals surface area contributed by atoms with Crippen LogP contribution in [0.5, 0.6) is 0 Å². The molecule has 0 radical (unpaired) electrons. The number of benzene rings is 1. The van der Waals surface area contributed by atoms with Gasteiger partial charge in [-0.2, -0.15) is 0 Å². The first-order valence-corrected chi connectivity index (χ1v) is 8.06. The van der Waals surface area contributed by atoms with Gasteiger partial charge in [-0.1, -0.05) is 12.1 Å². The van der Waals surface area contributed by atoms with E-state index in [-0.39, 0.29) is 24.4 Å². The molecule has 5 nitrogen and oxygen atoms in total. The Kier molecular flexibility index (Phi) is 5.59. The maximum atomic E-state index is 13.4. The van der Waals surface area contributed by atoms with Gasteiger partial charge < -0.3 is 19.1 Å². The molecule has 0 bridgehead atoms. The van der Waals surface area contributed by atoms with Crippen LogP contribution in [-0.2, 0) is 25.5 Å². The zero-order valence-corrected chi connectivity index (χ0v) is 13.1. The van der Waals surface area contributed by atoms with Crippen LogP contribution >= 0.6 is 0 Å². The lowest BCUT2D eigenvalue weighted by Gasteiger charge is -2.31. The Balaban J connectivity index is 1.70. The third-order valence-electron chi connectivity index (χ3n) is 4.11. The molecule has 2 saturated heterocycles. The summed E-state index contributed by atoms with van der Waals surface area (Å²) in [6, 6.07) is 6.32. The Morgan fingerprint density at radius 3 is 2.87 bits per heavy atom. The van der Waals surface area contributed by atoms with Crippen molar-refractivity contribution in [3.63, 3.8) is 0 Å². The zero-order chi connectivity index (χ0) is 16.1. The number of amides is 1. The number of halogens is 1. The van der Waals surface area contributed by atoms with E-state index in [0.717, 1.165) is 25.0 Å². The third-order valence-corrected chi connectivity index (χ3v) is 4.11. The lowest BCUT2D eigenvalue weighted by Crippen LogP contribution is -2.47. The number of hydrogen-bond donors (Lipinski definition) is 0. The Hall–Kier alpha value is -1.50. The monoisotopic (exact) mass is 323 g/mol. The molecule has 2 heterocycles. The van der Waals surface area contributed by atoms with E-state index in [0.29, 0.717) is 26.3 Å². The van der Waals surface area contributed by atoms with Gasteiger partial charge in [0, 0.05) is 19.7 Å². The van der Waals surface area contributed by atoms with Crippen LogP contribution < -0.4 is 0 Å². The third kappa shape index (κ3) is 4.50. The fourth-order valence-corrected chi connectivity index (χ4v) is 2.96. The molecule has 6 heteroatoms. The molecule has 0 aliphatic carbocycles. The molecule has 126 valence electrons. The van der Waals surface area contributed by atoms with E-state index in [1.54, 1.807) is 11.0 Å². The maximum Gasteiger partial charge on any atom is 0.254 e. The van der Waals surface area contributed by atoms with E-state index < -0.39 is 6.10 Å². The highest BCUT2D eigenvalue weighted by Crippen LogP contribution is 2.17. The highest BCUT2D eigenvalue weighted by molar-refractivity contribution is 5.81. The first-order valence-electron chi connectivity index (χ1n) is 8.06. The molecule has 0 aromatic heterocycles. The zero-order valence-electron chi connectivity index (χ0n) is 13.1. The largest absolute Gasteiger partial charge is 0.376 e. The number of ether oxygens (including phenoxy) is 3. The quantitative estimate of drug-likeness (QED) is 0.828. The average molecular weight is 323 g/mol. The highest BCUT2D eigenvalue weighted by atomic mass is 19.1. The van der Waals surface area contributed by atoms with Gasteiger partial charge in [-0.25, -0.2) is 4.39 Å². The lowest BCUT2D eigenvalue weighted by molar-refractivity contribution is -0.160. The van der Waals surface area contributed by atoms with Gasteiger partial charge in [0.25, 0.3) is 5.91 Å². The van der Waals surface area contributed by atoms with E-state index in [9.17, 15) is 9.18 Å². The number of hydrogen-bond acceptors (Lipinski definition) is 4. The summed E-state index contributed by atoms with van der Waals surface area (Å²) in [5.41, 5.74) is 0.757. The summed E-state index contributed by atoms with van der Waals surface area (Å²) >= 11 is 0.